The average molecular weight is 507 g/mol. The van der Waals surface area contributed by atoms with E-state index < -0.39 is 21.8 Å². The van der Waals surface area contributed by atoms with Gasteiger partial charge in [-0.3, -0.25) is 0 Å². The molecule has 0 amide bonds. The van der Waals surface area contributed by atoms with E-state index in [4.69, 9.17) is 10.5 Å². The van der Waals surface area contributed by atoms with E-state index in [2.05, 4.69) is 9.97 Å². The van der Waals surface area contributed by atoms with Crippen LogP contribution in [0.5, 0.6) is 5.75 Å². The Bertz CT molecular complexity index is 1730. The van der Waals surface area contributed by atoms with E-state index in [-0.39, 0.29) is 22.0 Å². The van der Waals surface area contributed by atoms with Crippen LogP contribution in [0.4, 0.5) is 14.5 Å². The number of benzene rings is 2. The van der Waals surface area contributed by atoms with Crippen molar-refractivity contribution < 1.29 is 21.9 Å². The molecule has 0 aliphatic rings. The monoisotopic (exact) mass is 506 g/mol. The van der Waals surface area contributed by atoms with Crippen LogP contribution in [0.15, 0.2) is 78.1 Å². The Morgan fingerprint density at radius 2 is 1.69 bits per heavy atom. The van der Waals surface area contributed by atoms with Gasteiger partial charge in [-0.05, 0) is 54.4 Å². The molecule has 0 saturated carbocycles. The van der Waals surface area contributed by atoms with E-state index >= 15 is 0 Å². The molecule has 0 atom stereocenters. The summed E-state index contributed by atoms with van der Waals surface area (Å²) in [6, 6.07) is 13.8. The van der Waals surface area contributed by atoms with E-state index in [1.54, 1.807) is 24.3 Å². The molecule has 3 aromatic heterocycles. The van der Waals surface area contributed by atoms with E-state index in [0.717, 1.165) is 9.54 Å². The van der Waals surface area contributed by atoms with Crippen molar-refractivity contribution in [2.24, 2.45) is 0 Å². The van der Waals surface area contributed by atoms with Gasteiger partial charge in [0.25, 0.3) is 10.0 Å². The van der Waals surface area contributed by atoms with Crippen molar-refractivity contribution in [3.05, 3.63) is 90.5 Å². The number of nitrogens with zero attached hydrogens (tertiary/aromatic N) is 3. The van der Waals surface area contributed by atoms with Gasteiger partial charge in [-0.15, -0.1) is 0 Å². The third-order valence-corrected chi connectivity index (χ3v) is 7.51. The zero-order valence-electron chi connectivity index (χ0n) is 19.2. The first-order valence-electron chi connectivity index (χ1n) is 10.8. The van der Waals surface area contributed by atoms with Gasteiger partial charge in [0.1, 0.15) is 0 Å². The number of aromatic nitrogens is 3. The van der Waals surface area contributed by atoms with E-state index in [1.807, 2.05) is 6.92 Å². The van der Waals surface area contributed by atoms with Gasteiger partial charge in [0.15, 0.2) is 17.2 Å². The quantitative estimate of drug-likeness (QED) is 0.260. The molecular formula is C26H20F2N4O3S. The molecule has 0 aliphatic heterocycles. The van der Waals surface area contributed by atoms with Crippen LogP contribution in [0.2, 0.25) is 0 Å². The highest BCUT2D eigenvalue weighted by Gasteiger charge is 2.24. The fraction of sp³-hybridized carbons (Fsp3) is 0.0769. The minimum atomic E-state index is -4.02. The summed E-state index contributed by atoms with van der Waals surface area (Å²) in [7, 11) is -2.70. The zero-order chi connectivity index (χ0) is 25.6. The molecule has 0 unspecified atom stereocenters. The molecule has 7 nitrogen and oxygen atoms in total. The van der Waals surface area contributed by atoms with E-state index in [9.17, 15) is 17.2 Å². The number of hydrogen-bond donors (Lipinski definition) is 1. The molecule has 5 rings (SSSR count). The maximum absolute atomic E-state index is 14.2. The Morgan fingerprint density at radius 1 is 0.944 bits per heavy atom. The van der Waals surface area contributed by atoms with Crippen molar-refractivity contribution in [2.75, 3.05) is 12.8 Å². The molecule has 0 saturated heterocycles. The summed E-state index contributed by atoms with van der Waals surface area (Å²) in [6.45, 7) is 1.86. The lowest BCUT2D eigenvalue weighted by Crippen LogP contribution is -2.12. The first kappa shape index (κ1) is 23.4. The number of halogens is 2. The molecule has 0 radical (unpaired) electrons. The summed E-state index contributed by atoms with van der Waals surface area (Å²) < 4.78 is 61.5. The Balaban J connectivity index is 1.77. The van der Waals surface area contributed by atoms with Crippen molar-refractivity contribution in [1.29, 1.82) is 0 Å². The van der Waals surface area contributed by atoms with Crippen LogP contribution < -0.4 is 10.5 Å². The van der Waals surface area contributed by atoms with Crippen molar-refractivity contribution >= 4 is 26.7 Å². The van der Waals surface area contributed by atoms with Crippen LogP contribution in [-0.2, 0) is 10.0 Å². The number of pyridine rings is 2. The Hall–Kier alpha value is -4.31. The lowest BCUT2D eigenvalue weighted by Gasteiger charge is -2.10. The van der Waals surface area contributed by atoms with Crippen LogP contribution in [0.25, 0.3) is 33.3 Å². The van der Waals surface area contributed by atoms with Crippen LogP contribution in [0.3, 0.4) is 0 Å². The number of methoxy groups -OCH3 is 1. The molecular weight excluding hydrogens is 486 g/mol. The first-order chi connectivity index (χ1) is 17.2. The normalized spacial score (nSPS) is 11.7. The number of rotatable bonds is 5. The summed E-state index contributed by atoms with van der Waals surface area (Å²) in [6.07, 6.45) is 4.17. The number of nitrogens with two attached hydrogens (primary N) is 1. The lowest BCUT2D eigenvalue weighted by molar-refractivity contribution is 0.388. The predicted molar refractivity (Wildman–Crippen MR) is 133 cm³/mol. The Morgan fingerprint density at radius 3 is 2.39 bits per heavy atom. The fourth-order valence-electron chi connectivity index (χ4n) is 3.98. The average Bonchev–Trinajstić information content (AvgIpc) is 3.25. The third kappa shape index (κ3) is 3.95. The second-order valence-corrected chi connectivity index (χ2v) is 10.0. The summed E-state index contributed by atoms with van der Waals surface area (Å²) >= 11 is 0. The molecule has 182 valence electrons. The number of hydrogen-bond acceptors (Lipinski definition) is 6. The van der Waals surface area contributed by atoms with E-state index in [0.29, 0.717) is 27.6 Å². The number of ether oxygens (including phenoxy) is 1. The molecule has 2 N–H and O–H groups in total. The third-order valence-electron chi connectivity index (χ3n) is 5.85. The summed E-state index contributed by atoms with van der Waals surface area (Å²) in [5, 5.41) is 0.440. The zero-order valence-corrected chi connectivity index (χ0v) is 20.1. The lowest BCUT2D eigenvalue weighted by atomic mass is 10.0. The molecule has 0 spiro atoms. The second kappa shape index (κ2) is 8.72. The van der Waals surface area contributed by atoms with Crippen molar-refractivity contribution in [2.45, 2.75) is 11.8 Å². The largest absolute Gasteiger partial charge is 0.494 e. The highest BCUT2D eigenvalue weighted by Crippen LogP contribution is 2.36. The molecule has 10 heteroatoms. The van der Waals surface area contributed by atoms with Crippen LogP contribution in [0, 0.1) is 18.7 Å². The van der Waals surface area contributed by atoms with Crippen molar-refractivity contribution in [3.63, 3.8) is 0 Å². The van der Waals surface area contributed by atoms with Crippen LogP contribution >= 0.6 is 0 Å². The number of anilines is 1. The van der Waals surface area contributed by atoms with Crippen LogP contribution in [0.1, 0.15) is 5.56 Å². The number of fused-ring (bicyclic) bond motifs is 1. The molecule has 3 heterocycles. The maximum atomic E-state index is 14.2. The van der Waals surface area contributed by atoms with Gasteiger partial charge in [0.2, 0.25) is 5.95 Å². The molecule has 0 aliphatic carbocycles. The minimum Gasteiger partial charge on any atom is -0.494 e. The molecule has 2 aromatic carbocycles. The van der Waals surface area contributed by atoms with Gasteiger partial charge < -0.3 is 10.5 Å². The van der Waals surface area contributed by atoms with Crippen molar-refractivity contribution in [1.82, 2.24) is 13.9 Å². The van der Waals surface area contributed by atoms with Gasteiger partial charge in [-0.1, -0.05) is 17.7 Å². The predicted octanol–water partition coefficient (Wildman–Crippen LogP) is 5.18. The van der Waals surface area contributed by atoms with Crippen molar-refractivity contribution in [3.8, 4) is 28.0 Å². The standard InChI is InChI=1S/C26H20F2N4O3S/c1-15-3-5-19(6-4-15)36(33,34)32-14-21(16-7-8-30-24(27)12-16)20-9-18(13-31-26(20)32)17-10-22(29)25(28)23(11-17)35-2/h3-14H,29H2,1-2H3. The SMILES string of the molecule is COc1cc(-c2cnc3c(c2)c(-c2ccnc(F)c2)cn3S(=O)(=O)c2ccc(C)cc2)cc(N)c1F. The van der Waals surface area contributed by atoms with Gasteiger partial charge in [0.05, 0.1) is 17.7 Å². The molecule has 36 heavy (non-hydrogen) atoms. The first-order valence-corrected chi connectivity index (χ1v) is 12.2. The van der Waals surface area contributed by atoms with Gasteiger partial charge >= 0.3 is 0 Å². The van der Waals surface area contributed by atoms with Gasteiger partial charge in [0, 0.05) is 41.2 Å². The highest BCUT2D eigenvalue weighted by atomic mass is 32.2. The summed E-state index contributed by atoms with van der Waals surface area (Å²) in [5.74, 6) is -1.44. The molecule has 5 aromatic rings. The topological polar surface area (TPSA) is 100 Å². The van der Waals surface area contributed by atoms with Gasteiger partial charge in [-0.2, -0.15) is 4.39 Å². The molecule has 0 fully saturated rings. The second-order valence-electron chi connectivity index (χ2n) is 8.20. The number of nitrogen functional groups attached to an aromatic ring is 1. The van der Waals surface area contributed by atoms with Gasteiger partial charge in [-0.25, -0.2) is 26.7 Å². The molecule has 0 bridgehead atoms. The summed E-state index contributed by atoms with van der Waals surface area (Å²) in [5.41, 5.74) is 8.66. The Labute approximate surface area is 205 Å². The van der Waals surface area contributed by atoms with Crippen LogP contribution in [-0.4, -0.2) is 29.5 Å². The highest BCUT2D eigenvalue weighted by molar-refractivity contribution is 7.90. The summed E-state index contributed by atoms with van der Waals surface area (Å²) in [4.78, 5) is 8.11. The van der Waals surface area contributed by atoms with E-state index in [1.165, 1.54) is 56.0 Å². The fourth-order valence-corrected chi connectivity index (χ4v) is 5.30. The smallest absolute Gasteiger partial charge is 0.269 e. The Kier molecular flexibility index (Phi) is 5.68. The maximum Gasteiger partial charge on any atom is 0.269 e. The minimum absolute atomic E-state index is 0.0407. The number of aryl methyl sites for hydroxylation is 1.